The van der Waals surface area contributed by atoms with E-state index in [1.165, 1.54) is 4.90 Å². The van der Waals surface area contributed by atoms with E-state index in [1.807, 2.05) is 45.0 Å². The Bertz CT molecular complexity index is 1100. The molecule has 2 fully saturated rings. The van der Waals surface area contributed by atoms with Crippen molar-refractivity contribution in [1.82, 2.24) is 15.1 Å². The summed E-state index contributed by atoms with van der Waals surface area (Å²) in [6.07, 6.45) is -0.969. The van der Waals surface area contributed by atoms with E-state index < -0.39 is 23.3 Å². The molecular weight excluding hydrogens is 434 g/mol. The fourth-order valence-electron chi connectivity index (χ4n) is 5.06. The van der Waals surface area contributed by atoms with E-state index in [0.29, 0.717) is 0 Å². The summed E-state index contributed by atoms with van der Waals surface area (Å²) in [6, 6.07) is 16.3. The van der Waals surface area contributed by atoms with Gasteiger partial charge in [-0.15, -0.1) is 0 Å². The zero-order valence-corrected chi connectivity index (χ0v) is 19.7. The summed E-state index contributed by atoms with van der Waals surface area (Å²) in [6.45, 7) is 6.35. The topological polar surface area (TPSA) is 88.2 Å². The molecule has 8 nitrogen and oxygen atoms in total. The molecule has 2 heterocycles. The summed E-state index contributed by atoms with van der Waals surface area (Å²) in [4.78, 5) is 40.8. The molecule has 5 rings (SSSR count). The molecule has 0 aromatic heterocycles. The van der Waals surface area contributed by atoms with Crippen molar-refractivity contribution in [3.05, 3.63) is 59.7 Å². The monoisotopic (exact) mass is 463 g/mol. The van der Waals surface area contributed by atoms with Crippen LogP contribution in [-0.4, -0.2) is 71.8 Å². The van der Waals surface area contributed by atoms with Gasteiger partial charge in [-0.25, -0.2) is 9.59 Å². The Morgan fingerprint density at radius 1 is 1.00 bits per heavy atom. The summed E-state index contributed by atoms with van der Waals surface area (Å²) >= 11 is 0. The van der Waals surface area contributed by atoms with Crippen LogP contribution in [0.1, 0.15) is 37.8 Å². The quantitative estimate of drug-likeness (QED) is 0.738. The van der Waals surface area contributed by atoms with E-state index in [0.717, 1.165) is 22.3 Å². The van der Waals surface area contributed by atoms with Gasteiger partial charge in [0, 0.05) is 12.5 Å². The van der Waals surface area contributed by atoms with Gasteiger partial charge in [-0.05, 0) is 43.0 Å². The smallest absolute Gasteiger partial charge is 0.410 e. The molecule has 0 unspecified atom stereocenters. The number of rotatable bonds is 2. The van der Waals surface area contributed by atoms with Gasteiger partial charge in [0.2, 0.25) is 5.91 Å². The molecule has 3 aliphatic rings. The number of fused-ring (bicyclic) bond motifs is 3. The molecule has 1 N–H and O–H groups in total. The highest BCUT2D eigenvalue weighted by Crippen LogP contribution is 2.44. The second-order valence-corrected chi connectivity index (χ2v) is 10.2. The lowest BCUT2D eigenvalue weighted by Crippen LogP contribution is -2.79. The van der Waals surface area contributed by atoms with Crippen LogP contribution in [0, 0.1) is 0 Å². The summed E-state index contributed by atoms with van der Waals surface area (Å²) in [7, 11) is 0. The van der Waals surface area contributed by atoms with Crippen LogP contribution in [0.3, 0.4) is 0 Å². The minimum Gasteiger partial charge on any atom is -0.448 e. The van der Waals surface area contributed by atoms with E-state index in [2.05, 4.69) is 29.6 Å². The molecule has 2 saturated heterocycles. The van der Waals surface area contributed by atoms with Gasteiger partial charge in [0.15, 0.2) is 0 Å². The first-order chi connectivity index (χ1) is 16.2. The van der Waals surface area contributed by atoms with Crippen LogP contribution in [0.4, 0.5) is 9.59 Å². The molecule has 1 aliphatic carbocycles. The number of ether oxygens (including phenoxy) is 2. The van der Waals surface area contributed by atoms with Gasteiger partial charge in [0.25, 0.3) is 0 Å². The van der Waals surface area contributed by atoms with Crippen molar-refractivity contribution in [1.29, 1.82) is 0 Å². The molecule has 2 aromatic rings. The summed E-state index contributed by atoms with van der Waals surface area (Å²) in [5.74, 6) is -0.305. The highest BCUT2D eigenvalue weighted by molar-refractivity contribution is 5.85. The molecule has 2 aromatic carbocycles. The first kappa shape index (κ1) is 22.3. The zero-order chi connectivity index (χ0) is 24.1. The number of hydrogen-bond acceptors (Lipinski definition) is 5. The second-order valence-electron chi connectivity index (χ2n) is 10.2. The fourth-order valence-corrected chi connectivity index (χ4v) is 5.06. The largest absolute Gasteiger partial charge is 0.448 e. The van der Waals surface area contributed by atoms with E-state index >= 15 is 0 Å². The lowest BCUT2D eigenvalue weighted by atomic mass is 9.86. The molecule has 1 spiro atoms. The van der Waals surface area contributed by atoms with Crippen molar-refractivity contribution >= 4 is 18.1 Å². The Balaban J connectivity index is 1.29. The minimum atomic E-state index is -0.687. The second kappa shape index (κ2) is 8.04. The summed E-state index contributed by atoms with van der Waals surface area (Å²) in [5.41, 5.74) is 3.27. The van der Waals surface area contributed by atoms with Crippen molar-refractivity contribution < 1.29 is 23.9 Å². The molecule has 34 heavy (non-hydrogen) atoms. The lowest BCUT2D eigenvalue weighted by Gasteiger charge is -2.56. The standard InChI is InChI=1S/C26H29N3O5/c1-25(2,3)34-23(31)28-15-26(16-28)14-27-22(30)12-29(26)24(32)33-13-21-19-10-6-4-8-17(19)18-9-5-7-11-20(18)21/h4-11,21H,12-16H2,1-3H3,(H,27,30). The first-order valence-corrected chi connectivity index (χ1v) is 11.5. The maximum atomic E-state index is 13.2. The third-order valence-corrected chi connectivity index (χ3v) is 6.67. The highest BCUT2D eigenvalue weighted by atomic mass is 16.6. The van der Waals surface area contributed by atoms with Gasteiger partial charge >= 0.3 is 12.2 Å². The normalized spacial score (nSPS) is 18.6. The van der Waals surface area contributed by atoms with Gasteiger partial charge in [-0.3, -0.25) is 9.69 Å². The molecule has 0 bridgehead atoms. The Morgan fingerprint density at radius 2 is 1.59 bits per heavy atom. The molecule has 0 radical (unpaired) electrons. The number of amides is 3. The van der Waals surface area contributed by atoms with Gasteiger partial charge in [0.05, 0.1) is 18.6 Å². The average molecular weight is 464 g/mol. The number of nitrogens with one attached hydrogen (secondary N) is 1. The van der Waals surface area contributed by atoms with E-state index in [1.54, 1.807) is 4.90 Å². The molecule has 8 heteroatoms. The van der Waals surface area contributed by atoms with E-state index in [-0.39, 0.29) is 44.6 Å². The SMILES string of the molecule is CC(C)(C)OC(=O)N1CC2(CNC(=O)CN2C(=O)OCC2c3ccccc3-c3ccccc32)C1. The number of nitrogens with zero attached hydrogens (tertiary/aromatic N) is 2. The Hall–Kier alpha value is -3.55. The van der Waals surface area contributed by atoms with Crippen molar-refractivity contribution in [2.24, 2.45) is 0 Å². The fraction of sp³-hybridized carbons (Fsp3) is 0.423. The Labute approximate surface area is 198 Å². The number of likely N-dealkylation sites (tertiary alicyclic amines) is 1. The van der Waals surface area contributed by atoms with Crippen molar-refractivity contribution in [3.63, 3.8) is 0 Å². The van der Waals surface area contributed by atoms with Gasteiger partial charge in [-0.2, -0.15) is 0 Å². The molecular formula is C26H29N3O5. The molecule has 0 atom stereocenters. The first-order valence-electron chi connectivity index (χ1n) is 11.5. The van der Waals surface area contributed by atoms with E-state index in [9.17, 15) is 14.4 Å². The van der Waals surface area contributed by atoms with Crippen LogP contribution in [0.25, 0.3) is 11.1 Å². The molecule has 178 valence electrons. The van der Waals surface area contributed by atoms with Crippen LogP contribution in [0.15, 0.2) is 48.5 Å². The van der Waals surface area contributed by atoms with Crippen molar-refractivity contribution in [3.8, 4) is 11.1 Å². The number of carbonyl (C=O) groups is 3. The molecule has 3 amide bonds. The van der Waals surface area contributed by atoms with Crippen molar-refractivity contribution in [2.45, 2.75) is 37.8 Å². The van der Waals surface area contributed by atoms with E-state index in [4.69, 9.17) is 9.47 Å². The third-order valence-electron chi connectivity index (χ3n) is 6.67. The van der Waals surface area contributed by atoms with Crippen molar-refractivity contribution in [2.75, 3.05) is 32.8 Å². The predicted octanol–water partition coefficient (Wildman–Crippen LogP) is 3.36. The number of benzene rings is 2. The van der Waals surface area contributed by atoms with Gasteiger partial charge < -0.3 is 19.7 Å². The molecule has 2 aliphatic heterocycles. The number of carbonyl (C=O) groups excluding carboxylic acids is 3. The van der Waals surface area contributed by atoms with Crippen LogP contribution >= 0.6 is 0 Å². The van der Waals surface area contributed by atoms with Gasteiger partial charge in [-0.1, -0.05) is 48.5 Å². The number of piperazine rings is 1. The Morgan fingerprint density at radius 3 is 2.18 bits per heavy atom. The predicted molar refractivity (Wildman–Crippen MR) is 125 cm³/mol. The van der Waals surface area contributed by atoms with Crippen LogP contribution in [0.2, 0.25) is 0 Å². The molecule has 0 saturated carbocycles. The van der Waals surface area contributed by atoms with Crippen LogP contribution < -0.4 is 5.32 Å². The van der Waals surface area contributed by atoms with Crippen LogP contribution in [0.5, 0.6) is 0 Å². The summed E-state index contributed by atoms with van der Waals surface area (Å²) in [5, 5.41) is 2.82. The van der Waals surface area contributed by atoms with Gasteiger partial charge in [0.1, 0.15) is 18.8 Å². The zero-order valence-electron chi connectivity index (χ0n) is 19.7. The third kappa shape index (κ3) is 3.87. The maximum Gasteiger partial charge on any atom is 0.410 e. The summed E-state index contributed by atoms with van der Waals surface area (Å²) < 4.78 is 11.2. The highest BCUT2D eigenvalue weighted by Gasteiger charge is 2.55. The Kier molecular flexibility index (Phi) is 5.26. The maximum absolute atomic E-state index is 13.2. The lowest BCUT2D eigenvalue weighted by molar-refractivity contribution is -0.133. The minimum absolute atomic E-state index is 0.0643. The van der Waals surface area contributed by atoms with Crippen LogP contribution in [-0.2, 0) is 14.3 Å². The average Bonchev–Trinajstić information content (AvgIpc) is 3.08. The number of hydrogen-bond donors (Lipinski definition) is 1.